The number of hydrogen-bond acceptors (Lipinski definition) is 2. The molecule has 0 aliphatic heterocycles. The number of nitrogens with one attached hydrogen (secondary N) is 1. The average Bonchev–Trinajstić information content (AvgIpc) is 2.30. The van der Waals surface area contributed by atoms with Crippen LogP contribution in [-0.4, -0.2) is 11.5 Å². The number of halogens is 2. The summed E-state index contributed by atoms with van der Waals surface area (Å²) in [4.78, 5) is 4.39. The Balaban J connectivity index is 3.03. The van der Waals surface area contributed by atoms with Gasteiger partial charge in [0.25, 0.3) is 0 Å². The van der Waals surface area contributed by atoms with Crippen molar-refractivity contribution < 1.29 is 0 Å². The fourth-order valence-electron chi connectivity index (χ4n) is 2.12. The minimum absolute atomic E-state index is 0.208. The van der Waals surface area contributed by atoms with Crippen molar-refractivity contribution in [3.63, 3.8) is 0 Å². The second kappa shape index (κ2) is 7.20. The van der Waals surface area contributed by atoms with E-state index in [4.69, 9.17) is 23.2 Å². The van der Waals surface area contributed by atoms with Gasteiger partial charge in [0.1, 0.15) is 0 Å². The van der Waals surface area contributed by atoms with Crippen LogP contribution >= 0.6 is 23.2 Å². The topological polar surface area (TPSA) is 24.9 Å². The molecule has 1 aromatic heterocycles. The number of nitrogens with zero attached hydrogens (tertiary/aromatic N) is 1. The van der Waals surface area contributed by atoms with E-state index in [-0.39, 0.29) is 6.04 Å². The molecule has 0 amide bonds. The van der Waals surface area contributed by atoms with Gasteiger partial charge in [0, 0.05) is 6.20 Å². The molecule has 96 valence electrons. The number of pyridine rings is 1. The monoisotopic (exact) mass is 274 g/mol. The number of aromatic nitrogens is 1. The smallest absolute Gasteiger partial charge is 0.0762 e. The van der Waals surface area contributed by atoms with Crippen molar-refractivity contribution in [2.45, 2.75) is 39.7 Å². The Hall–Kier alpha value is -0.310. The molecule has 0 radical (unpaired) electrons. The molecular formula is C13H20Cl2N2. The van der Waals surface area contributed by atoms with Gasteiger partial charge >= 0.3 is 0 Å². The number of rotatable bonds is 6. The highest BCUT2D eigenvalue weighted by Crippen LogP contribution is 2.31. The summed E-state index contributed by atoms with van der Waals surface area (Å²) < 4.78 is 0. The van der Waals surface area contributed by atoms with Crippen molar-refractivity contribution >= 4 is 23.2 Å². The van der Waals surface area contributed by atoms with Crippen molar-refractivity contribution in [1.82, 2.24) is 10.3 Å². The minimum Gasteiger partial charge on any atom is -0.309 e. The Morgan fingerprint density at radius 1 is 1.24 bits per heavy atom. The van der Waals surface area contributed by atoms with Gasteiger partial charge in [-0.25, -0.2) is 0 Å². The molecular weight excluding hydrogens is 255 g/mol. The predicted molar refractivity (Wildman–Crippen MR) is 74.7 cm³/mol. The predicted octanol–water partition coefficient (Wildman–Crippen LogP) is 4.48. The highest BCUT2D eigenvalue weighted by atomic mass is 35.5. The Bertz CT molecular complexity index is 351. The molecule has 0 saturated heterocycles. The van der Waals surface area contributed by atoms with Crippen LogP contribution in [0, 0.1) is 5.92 Å². The molecule has 1 N–H and O–H groups in total. The zero-order valence-electron chi connectivity index (χ0n) is 10.6. The van der Waals surface area contributed by atoms with Crippen LogP contribution in [0.1, 0.15) is 45.3 Å². The van der Waals surface area contributed by atoms with Gasteiger partial charge < -0.3 is 5.32 Å². The first-order valence-electron chi connectivity index (χ1n) is 6.18. The summed E-state index contributed by atoms with van der Waals surface area (Å²) in [5.41, 5.74) is 0.909. The van der Waals surface area contributed by atoms with Gasteiger partial charge in [-0.15, -0.1) is 0 Å². The van der Waals surface area contributed by atoms with Gasteiger partial charge in [0.15, 0.2) is 0 Å². The van der Waals surface area contributed by atoms with E-state index < -0.39 is 0 Å². The van der Waals surface area contributed by atoms with Gasteiger partial charge in [0.05, 0.1) is 21.8 Å². The van der Waals surface area contributed by atoms with Crippen molar-refractivity contribution in [3.05, 3.63) is 28.0 Å². The summed E-state index contributed by atoms with van der Waals surface area (Å²) in [6, 6.07) is 1.97. The van der Waals surface area contributed by atoms with E-state index in [0.717, 1.165) is 25.1 Å². The standard InChI is InChI=1S/C13H20Cl2N2/c1-4-9(5-2)12(16-6-3)13-11(15)7-10(14)8-17-13/h7-9,12,16H,4-6H2,1-3H3. The summed E-state index contributed by atoms with van der Waals surface area (Å²) >= 11 is 12.1. The summed E-state index contributed by atoms with van der Waals surface area (Å²) in [7, 11) is 0. The van der Waals surface area contributed by atoms with Gasteiger partial charge in [-0.05, 0) is 18.5 Å². The van der Waals surface area contributed by atoms with Crippen LogP contribution in [0.15, 0.2) is 12.3 Å². The summed E-state index contributed by atoms with van der Waals surface area (Å²) in [6.07, 6.45) is 3.87. The molecule has 1 rings (SSSR count). The van der Waals surface area contributed by atoms with Crippen molar-refractivity contribution in [2.75, 3.05) is 6.54 Å². The molecule has 1 aromatic rings. The third-order valence-electron chi connectivity index (χ3n) is 3.08. The zero-order valence-corrected chi connectivity index (χ0v) is 12.1. The first kappa shape index (κ1) is 14.7. The molecule has 0 aliphatic rings. The molecule has 0 spiro atoms. The van der Waals surface area contributed by atoms with E-state index in [9.17, 15) is 0 Å². The molecule has 0 aliphatic carbocycles. The fourth-order valence-corrected chi connectivity index (χ4v) is 2.62. The second-order valence-electron chi connectivity index (χ2n) is 4.13. The Kier molecular flexibility index (Phi) is 6.24. The molecule has 2 nitrogen and oxygen atoms in total. The molecule has 1 atom stereocenters. The summed E-state index contributed by atoms with van der Waals surface area (Å²) in [5.74, 6) is 0.543. The number of hydrogen-bond donors (Lipinski definition) is 1. The van der Waals surface area contributed by atoms with Crippen LogP contribution in [0.3, 0.4) is 0 Å². The summed E-state index contributed by atoms with van der Waals surface area (Å²) in [5, 5.41) is 4.70. The highest BCUT2D eigenvalue weighted by molar-refractivity contribution is 6.34. The Morgan fingerprint density at radius 3 is 2.35 bits per heavy atom. The zero-order chi connectivity index (χ0) is 12.8. The summed E-state index contributed by atoms with van der Waals surface area (Å²) in [6.45, 7) is 7.39. The van der Waals surface area contributed by atoms with Crippen LogP contribution in [0.5, 0.6) is 0 Å². The molecule has 4 heteroatoms. The van der Waals surface area contributed by atoms with E-state index in [1.165, 1.54) is 0 Å². The minimum atomic E-state index is 0.208. The van der Waals surface area contributed by atoms with E-state index in [1.54, 1.807) is 12.3 Å². The van der Waals surface area contributed by atoms with Crippen LogP contribution in [0.2, 0.25) is 10.0 Å². The van der Waals surface area contributed by atoms with E-state index in [1.807, 2.05) is 0 Å². The first-order valence-corrected chi connectivity index (χ1v) is 6.93. The van der Waals surface area contributed by atoms with E-state index in [2.05, 4.69) is 31.1 Å². The van der Waals surface area contributed by atoms with Crippen LogP contribution in [0.4, 0.5) is 0 Å². The van der Waals surface area contributed by atoms with Crippen LogP contribution in [0.25, 0.3) is 0 Å². The van der Waals surface area contributed by atoms with Gasteiger partial charge in [0.2, 0.25) is 0 Å². The van der Waals surface area contributed by atoms with E-state index in [0.29, 0.717) is 16.0 Å². The molecule has 1 unspecified atom stereocenters. The molecule has 0 aromatic carbocycles. The normalized spacial score (nSPS) is 13.1. The first-order chi connectivity index (χ1) is 8.13. The lowest BCUT2D eigenvalue weighted by atomic mass is 9.91. The molecule has 1 heterocycles. The van der Waals surface area contributed by atoms with E-state index >= 15 is 0 Å². The van der Waals surface area contributed by atoms with Gasteiger partial charge in [-0.3, -0.25) is 4.98 Å². The quantitative estimate of drug-likeness (QED) is 0.828. The maximum Gasteiger partial charge on any atom is 0.0762 e. The van der Waals surface area contributed by atoms with Crippen LogP contribution < -0.4 is 5.32 Å². The van der Waals surface area contributed by atoms with Crippen LogP contribution in [-0.2, 0) is 0 Å². The van der Waals surface area contributed by atoms with Gasteiger partial charge in [-0.1, -0.05) is 56.8 Å². The second-order valence-corrected chi connectivity index (χ2v) is 4.98. The maximum atomic E-state index is 6.23. The lowest BCUT2D eigenvalue weighted by molar-refractivity contribution is 0.340. The van der Waals surface area contributed by atoms with Crippen molar-refractivity contribution in [1.29, 1.82) is 0 Å². The average molecular weight is 275 g/mol. The lowest BCUT2D eigenvalue weighted by Gasteiger charge is -2.26. The van der Waals surface area contributed by atoms with Crippen molar-refractivity contribution in [2.24, 2.45) is 5.92 Å². The molecule has 0 saturated carbocycles. The molecule has 0 bridgehead atoms. The largest absolute Gasteiger partial charge is 0.309 e. The highest BCUT2D eigenvalue weighted by Gasteiger charge is 2.23. The SMILES string of the molecule is CCNC(c1ncc(Cl)cc1Cl)C(CC)CC. The Morgan fingerprint density at radius 2 is 1.88 bits per heavy atom. The fraction of sp³-hybridized carbons (Fsp3) is 0.615. The third kappa shape index (κ3) is 3.84. The Labute approximate surface area is 114 Å². The third-order valence-corrected chi connectivity index (χ3v) is 3.58. The van der Waals surface area contributed by atoms with Gasteiger partial charge in [-0.2, -0.15) is 0 Å². The van der Waals surface area contributed by atoms with Crippen molar-refractivity contribution in [3.8, 4) is 0 Å². The maximum absolute atomic E-state index is 6.23. The molecule has 17 heavy (non-hydrogen) atoms. The molecule has 0 fully saturated rings. The lowest BCUT2D eigenvalue weighted by Crippen LogP contribution is -2.28.